The summed E-state index contributed by atoms with van der Waals surface area (Å²) in [6.07, 6.45) is 0.774. The number of aromatic nitrogens is 2. The summed E-state index contributed by atoms with van der Waals surface area (Å²) in [5, 5.41) is 13.9. The maximum absolute atomic E-state index is 14.5. The van der Waals surface area contributed by atoms with Gasteiger partial charge in [0.2, 0.25) is 10.0 Å². The fourth-order valence-corrected chi connectivity index (χ4v) is 3.50. The van der Waals surface area contributed by atoms with Crippen LogP contribution in [0.2, 0.25) is 5.02 Å². The van der Waals surface area contributed by atoms with Gasteiger partial charge in [0.25, 0.3) is 5.91 Å². The number of sulfonamides is 1. The molecule has 1 heterocycles. The molecular weight excluding hydrogens is 463 g/mol. The maximum Gasteiger partial charge on any atom is 0.267 e. The van der Waals surface area contributed by atoms with E-state index in [0.717, 1.165) is 22.9 Å². The van der Waals surface area contributed by atoms with Gasteiger partial charge in [0, 0.05) is 15.9 Å². The Morgan fingerprint density at radius 2 is 2.07 bits per heavy atom. The van der Waals surface area contributed by atoms with Gasteiger partial charge < -0.3 is 0 Å². The molecule has 0 saturated carbocycles. The van der Waals surface area contributed by atoms with Crippen LogP contribution in [-0.2, 0) is 10.0 Å². The molecule has 0 spiro atoms. The first-order valence-electron chi connectivity index (χ1n) is 7.20. The summed E-state index contributed by atoms with van der Waals surface area (Å²) in [5.41, 5.74) is 0.179. The van der Waals surface area contributed by atoms with Gasteiger partial charge in [-0.3, -0.25) is 4.79 Å². The Balaban J connectivity index is 2.17. The number of hydrogen-bond acceptors (Lipinski definition) is 5. The lowest BCUT2D eigenvalue weighted by Crippen LogP contribution is -2.30. The molecule has 3 aromatic rings. The fourth-order valence-electron chi connectivity index (χ4n) is 2.45. The summed E-state index contributed by atoms with van der Waals surface area (Å²) in [6, 6.07) is 9.00. The van der Waals surface area contributed by atoms with Crippen molar-refractivity contribution in [3.8, 4) is 11.8 Å². The molecule has 1 N–H and O–H groups in total. The van der Waals surface area contributed by atoms with Crippen LogP contribution in [0.4, 0.5) is 4.39 Å². The highest BCUT2D eigenvalue weighted by Crippen LogP contribution is 2.30. The van der Waals surface area contributed by atoms with Crippen LogP contribution in [0.5, 0.6) is 0 Å². The van der Waals surface area contributed by atoms with Crippen molar-refractivity contribution < 1.29 is 17.6 Å². The Bertz CT molecular complexity index is 1250. The van der Waals surface area contributed by atoms with E-state index in [0.29, 0.717) is 10.9 Å². The lowest BCUT2D eigenvalue weighted by Gasteiger charge is -2.10. The number of rotatable bonds is 3. The Morgan fingerprint density at radius 1 is 1.37 bits per heavy atom. The van der Waals surface area contributed by atoms with E-state index in [1.165, 1.54) is 4.68 Å². The van der Waals surface area contributed by atoms with Crippen molar-refractivity contribution in [2.45, 2.75) is 0 Å². The number of nitriles is 1. The Labute approximate surface area is 166 Å². The molecule has 0 unspecified atom stereocenters. The minimum atomic E-state index is -3.86. The molecule has 0 bridgehead atoms. The van der Waals surface area contributed by atoms with E-state index in [9.17, 15) is 22.9 Å². The lowest BCUT2D eigenvalue weighted by atomic mass is 10.1. The van der Waals surface area contributed by atoms with Crippen molar-refractivity contribution >= 4 is 54.4 Å². The molecule has 1 aromatic heterocycles. The van der Waals surface area contributed by atoms with Gasteiger partial charge in [0.1, 0.15) is 11.9 Å². The van der Waals surface area contributed by atoms with Gasteiger partial charge >= 0.3 is 0 Å². The van der Waals surface area contributed by atoms with E-state index >= 15 is 0 Å². The minimum absolute atomic E-state index is 0.0492. The van der Waals surface area contributed by atoms with Gasteiger partial charge in [0.05, 0.1) is 28.0 Å². The number of carbonyl (C=O) groups is 1. The molecule has 0 aliphatic carbocycles. The molecule has 0 fully saturated rings. The van der Waals surface area contributed by atoms with Crippen LogP contribution in [0, 0.1) is 17.1 Å². The molecule has 0 aliphatic rings. The Hall–Kier alpha value is -2.48. The number of hydrogen-bond donors (Lipinski definition) is 1. The Kier molecular flexibility index (Phi) is 4.94. The number of carbonyl (C=O) groups excluding carboxylic acids is 1. The Morgan fingerprint density at radius 3 is 2.70 bits per heavy atom. The molecule has 1 amide bonds. The molecule has 7 nitrogen and oxygen atoms in total. The first-order valence-corrected chi connectivity index (χ1v) is 10.3. The van der Waals surface area contributed by atoms with Gasteiger partial charge in [-0.25, -0.2) is 22.2 Å². The van der Waals surface area contributed by atoms with Gasteiger partial charge in [0.15, 0.2) is 5.69 Å². The molecule has 0 aliphatic heterocycles. The van der Waals surface area contributed by atoms with E-state index in [1.807, 2.05) is 6.07 Å². The van der Waals surface area contributed by atoms with E-state index in [1.54, 1.807) is 22.9 Å². The van der Waals surface area contributed by atoms with Crippen LogP contribution >= 0.6 is 27.5 Å². The van der Waals surface area contributed by atoms with Gasteiger partial charge in [-0.2, -0.15) is 10.4 Å². The van der Waals surface area contributed by atoms with Crippen LogP contribution in [-0.4, -0.2) is 30.4 Å². The van der Waals surface area contributed by atoms with Crippen molar-refractivity contribution in [2.24, 2.45) is 0 Å². The second kappa shape index (κ2) is 6.92. The van der Waals surface area contributed by atoms with Crippen LogP contribution in [0.1, 0.15) is 16.1 Å². The molecule has 0 radical (unpaired) electrons. The third-order valence-electron chi connectivity index (χ3n) is 3.54. The van der Waals surface area contributed by atoms with Crippen molar-refractivity contribution in [3.63, 3.8) is 0 Å². The van der Waals surface area contributed by atoms with Crippen LogP contribution in [0.15, 0.2) is 34.8 Å². The molecule has 138 valence electrons. The molecule has 0 saturated heterocycles. The smallest absolute Gasteiger partial charge is 0.267 e. The number of nitrogens with one attached hydrogen (secondary N) is 1. The van der Waals surface area contributed by atoms with Crippen LogP contribution in [0.25, 0.3) is 16.6 Å². The third kappa shape index (κ3) is 3.80. The first kappa shape index (κ1) is 19.3. The van der Waals surface area contributed by atoms with Crippen LogP contribution < -0.4 is 4.72 Å². The van der Waals surface area contributed by atoms with Crippen molar-refractivity contribution in [1.82, 2.24) is 14.5 Å². The lowest BCUT2D eigenvalue weighted by molar-refractivity contribution is 0.0978. The highest BCUT2D eigenvalue weighted by Gasteiger charge is 2.21. The molecule has 2 aromatic carbocycles. The molecule has 27 heavy (non-hydrogen) atoms. The van der Waals surface area contributed by atoms with Crippen molar-refractivity contribution in [2.75, 3.05) is 6.26 Å². The highest BCUT2D eigenvalue weighted by molar-refractivity contribution is 9.10. The van der Waals surface area contributed by atoms with E-state index in [4.69, 9.17) is 11.6 Å². The van der Waals surface area contributed by atoms with E-state index in [-0.39, 0.29) is 16.4 Å². The minimum Gasteiger partial charge on any atom is -0.268 e. The molecule has 3 rings (SSSR count). The number of nitrogens with zero attached hydrogens (tertiary/aromatic N) is 3. The second-order valence-electron chi connectivity index (χ2n) is 5.52. The van der Waals surface area contributed by atoms with Crippen molar-refractivity contribution in [3.05, 3.63) is 56.9 Å². The predicted octanol–water partition coefficient (Wildman–Crippen LogP) is 3.14. The number of benzene rings is 2. The second-order valence-corrected chi connectivity index (χ2v) is 8.59. The van der Waals surface area contributed by atoms with Crippen LogP contribution in [0.3, 0.4) is 0 Å². The average molecular weight is 472 g/mol. The summed E-state index contributed by atoms with van der Waals surface area (Å²) in [5.74, 6) is -2.13. The quantitative estimate of drug-likeness (QED) is 0.632. The largest absolute Gasteiger partial charge is 0.268 e. The standard InChI is InChI=1S/C16H9BrClFN4O3S/c1-27(25,26)22-16(24)9-5-11(18)15(6-12(9)19)23-14-3-2-8(17)4-10(14)13(7-20)21-23/h2-6H,1H3,(H,22,24). The van der Waals surface area contributed by atoms with E-state index in [2.05, 4.69) is 21.0 Å². The molecule has 0 atom stereocenters. The first-order chi connectivity index (χ1) is 12.6. The zero-order valence-corrected chi connectivity index (χ0v) is 16.7. The van der Waals surface area contributed by atoms with Gasteiger partial charge in [-0.1, -0.05) is 27.5 Å². The topological polar surface area (TPSA) is 105 Å². The maximum atomic E-state index is 14.5. The summed E-state index contributed by atoms with van der Waals surface area (Å²) in [7, 11) is -3.86. The van der Waals surface area contributed by atoms with E-state index < -0.39 is 27.3 Å². The number of fused-ring (bicyclic) bond motifs is 1. The summed E-state index contributed by atoms with van der Waals surface area (Å²) < 4.78 is 40.5. The summed E-state index contributed by atoms with van der Waals surface area (Å²) in [4.78, 5) is 11.9. The zero-order valence-electron chi connectivity index (χ0n) is 13.5. The third-order valence-corrected chi connectivity index (χ3v) is 4.89. The monoisotopic (exact) mass is 470 g/mol. The SMILES string of the molecule is CS(=O)(=O)NC(=O)c1cc(Cl)c(-n2nc(C#N)c3cc(Br)ccc32)cc1F. The number of halogens is 3. The highest BCUT2D eigenvalue weighted by atomic mass is 79.9. The van der Waals surface area contributed by atoms with Gasteiger partial charge in [-0.15, -0.1) is 0 Å². The van der Waals surface area contributed by atoms with Gasteiger partial charge in [-0.05, 0) is 24.3 Å². The summed E-state index contributed by atoms with van der Waals surface area (Å²) >= 11 is 9.50. The normalized spacial score (nSPS) is 11.4. The fraction of sp³-hybridized carbons (Fsp3) is 0.0625. The number of amides is 1. The molecule has 11 heteroatoms. The molecular formula is C16H9BrClFN4O3S. The average Bonchev–Trinajstić information content (AvgIpc) is 2.92. The summed E-state index contributed by atoms with van der Waals surface area (Å²) in [6.45, 7) is 0. The predicted molar refractivity (Wildman–Crippen MR) is 101 cm³/mol. The zero-order chi connectivity index (χ0) is 19.9. The van der Waals surface area contributed by atoms with Crippen molar-refractivity contribution in [1.29, 1.82) is 5.26 Å².